The van der Waals surface area contributed by atoms with Crippen molar-refractivity contribution in [2.75, 3.05) is 23.8 Å². The van der Waals surface area contributed by atoms with Crippen LogP contribution in [-0.4, -0.2) is 29.6 Å². The Bertz CT molecular complexity index is 374. The number of aryl methyl sites for hydroxylation is 1. The maximum atomic E-state index is 4.60. The van der Waals surface area contributed by atoms with Gasteiger partial charge in [-0.1, -0.05) is 6.92 Å². The Morgan fingerprint density at radius 3 is 2.35 bits per heavy atom. The first-order valence-electron chi connectivity index (χ1n) is 6.30. The third-order valence-electron chi connectivity index (χ3n) is 2.83. The fourth-order valence-electron chi connectivity index (χ4n) is 1.99. The summed E-state index contributed by atoms with van der Waals surface area (Å²) in [6.45, 7) is 11.6. The molecule has 0 amide bonds. The van der Waals surface area contributed by atoms with Crippen molar-refractivity contribution in [3.63, 3.8) is 0 Å². The van der Waals surface area contributed by atoms with Gasteiger partial charge in [0, 0.05) is 25.2 Å². The first-order chi connectivity index (χ1) is 8.01. The van der Waals surface area contributed by atoms with Gasteiger partial charge >= 0.3 is 0 Å². The molecule has 0 aliphatic rings. The summed E-state index contributed by atoms with van der Waals surface area (Å²) >= 11 is 0. The Kier molecular flexibility index (Phi) is 4.73. The molecule has 0 radical (unpaired) electrons. The van der Waals surface area contributed by atoms with Gasteiger partial charge in [0.25, 0.3) is 0 Å². The third kappa shape index (κ3) is 3.08. The number of nitrogens with one attached hydrogen (secondary N) is 1. The van der Waals surface area contributed by atoms with Gasteiger partial charge in [-0.25, -0.2) is 9.97 Å². The van der Waals surface area contributed by atoms with Crippen molar-refractivity contribution in [2.45, 2.75) is 47.1 Å². The van der Waals surface area contributed by atoms with Crippen molar-refractivity contribution < 1.29 is 0 Å². The molecule has 0 spiro atoms. The van der Waals surface area contributed by atoms with E-state index >= 15 is 0 Å². The molecule has 0 fully saturated rings. The van der Waals surface area contributed by atoms with E-state index in [-0.39, 0.29) is 0 Å². The fraction of sp³-hybridized carbons (Fsp3) is 0.692. The Hall–Kier alpha value is -1.32. The second kappa shape index (κ2) is 5.84. The molecule has 96 valence electrons. The summed E-state index contributed by atoms with van der Waals surface area (Å²) in [6.07, 6.45) is 1.12. The zero-order valence-corrected chi connectivity index (χ0v) is 11.8. The molecule has 1 aromatic heterocycles. The maximum absolute atomic E-state index is 4.60. The fourth-order valence-corrected chi connectivity index (χ4v) is 1.99. The minimum absolute atomic E-state index is 0.452. The number of hydrogen-bond acceptors (Lipinski definition) is 4. The van der Waals surface area contributed by atoms with Crippen molar-refractivity contribution in [3.05, 3.63) is 11.4 Å². The zero-order chi connectivity index (χ0) is 13.0. The van der Waals surface area contributed by atoms with E-state index in [1.807, 2.05) is 14.0 Å². The molecule has 1 aromatic rings. The molecule has 1 heterocycles. The van der Waals surface area contributed by atoms with Crippen LogP contribution in [0.15, 0.2) is 0 Å². The molecule has 4 nitrogen and oxygen atoms in total. The van der Waals surface area contributed by atoms with Gasteiger partial charge in [0.1, 0.15) is 17.5 Å². The maximum Gasteiger partial charge on any atom is 0.137 e. The topological polar surface area (TPSA) is 41.1 Å². The minimum Gasteiger partial charge on any atom is -0.373 e. The van der Waals surface area contributed by atoms with Crippen LogP contribution in [0.5, 0.6) is 0 Å². The van der Waals surface area contributed by atoms with Gasteiger partial charge in [0.2, 0.25) is 0 Å². The van der Waals surface area contributed by atoms with Crippen molar-refractivity contribution in [1.29, 1.82) is 0 Å². The molecule has 0 aliphatic heterocycles. The average Bonchev–Trinajstić information content (AvgIpc) is 2.28. The van der Waals surface area contributed by atoms with Crippen molar-refractivity contribution in [1.82, 2.24) is 9.97 Å². The smallest absolute Gasteiger partial charge is 0.137 e. The van der Waals surface area contributed by atoms with E-state index in [0.29, 0.717) is 6.04 Å². The lowest BCUT2D eigenvalue weighted by molar-refractivity contribution is 0.657. The Balaban J connectivity index is 3.22. The van der Waals surface area contributed by atoms with E-state index in [9.17, 15) is 0 Å². The highest BCUT2D eigenvalue weighted by Crippen LogP contribution is 2.24. The van der Waals surface area contributed by atoms with Gasteiger partial charge in [0.15, 0.2) is 0 Å². The largest absolute Gasteiger partial charge is 0.373 e. The van der Waals surface area contributed by atoms with Crippen LogP contribution in [0.25, 0.3) is 0 Å². The van der Waals surface area contributed by atoms with Gasteiger partial charge < -0.3 is 10.2 Å². The predicted molar refractivity (Wildman–Crippen MR) is 73.8 cm³/mol. The molecule has 0 unspecified atom stereocenters. The highest BCUT2D eigenvalue weighted by atomic mass is 15.2. The first kappa shape index (κ1) is 13.7. The van der Waals surface area contributed by atoms with Gasteiger partial charge in [-0.15, -0.1) is 0 Å². The first-order valence-corrected chi connectivity index (χ1v) is 6.30. The molecule has 4 heteroatoms. The van der Waals surface area contributed by atoms with Gasteiger partial charge in [-0.2, -0.15) is 0 Å². The quantitative estimate of drug-likeness (QED) is 0.853. The van der Waals surface area contributed by atoms with Crippen LogP contribution in [0.2, 0.25) is 0 Å². The van der Waals surface area contributed by atoms with Gasteiger partial charge in [-0.3, -0.25) is 0 Å². The van der Waals surface area contributed by atoms with Gasteiger partial charge in [-0.05, 0) is 34.1 Å². The van der Waals surface area contributed by atoms with E-state index in [2.05, 4.69) is 47.9 Å². The lowest BCUT2D eigenvalue weighted by atomic mass is 10.2. The Morgan fingerprint density at radius 1 is 1.24 bits per heavy atom. The van der Waals surface area contributed by atoms with Crippen molar-refractivity contribution >= 4 is 11.6 Å². The molecule has 1 rings (SSSR count). The molecular formula is C13H24N4. The van der Waals surface area contributed by atoms with E-state index in [0.717, 1.165) is 36.0 Å². The van der Waals surface area contributed by atoms with Crippen LogP contribution in [0.3, 0.4) is 0 Å². The average molecular weight is 236 g/mol. The molecule has 0 atom stereocenters. The van der Waals surface area contributed by atoms with Crippen LogP contribution in [0.4, 0.5) is 11.6 Å². The van der Waals surface area contributed by atoms with E-state index < -0.39 is 0 Å². The zero-order valence-electron chi connectivity index (χ0n) is 11.8. The molecular weight excluding hydrogens is 212 g/mol. The number of anilines is 2. The lowest BCUT2D eigenvalue weighted by Crippen LogP contribution is -2.33. The summed E-state index contributed by atoms with van der Waals surface area (Å²) in [6, 6.07) is 0.452. The normalized spacial score (nSPS) is 10.8. The standard InChI is InChI=1S/C13H24N4/c1-7-8-17(9(2)3)13-10(4)12(14-6)15-11(5)16-13/h9H,7-8H2,1-6H3,(H,14,15,16). The lowest BCUT2D eigenvalue weighted by Gasteiger charge is -2.29. The molecule has 0 saturated carbocycles. The highest BCUT2D eigenvalue weighted by molar-refractivity contribution is 5.58. The molecule has 0 saturated heterocycles. The number of hydrogen-bond donors (Lipinski definition) is 1. The van der Waals surface area contributed by atoms with Gasteiger partial charge in [0.05, 0.1) is 0 Å². The van der Waals surface area contributed by atoms with Crippen molar-refractivity contribution in [3.8, 4) is 0 Å². The summed E-state index contributed by atoms with van der Waals surface area (Å²) < 4.78 is 0. The summed E-state index contributed by atoms with van der Waals surface area (Å²) in [5.41, 5.74) is 1.13. The Morgan fingerprint density at radius 2 is 1.88 bits per heavy atom. The molecule has 0 bridgehead atoms. The highest BCUT2D eigenvalue weighted by Gasteiger charge is 2.16. The van der Waals surface area contributed by atoms with Crippen LogP contribution in [-0.2, 0) is 0 Å². The van der Waals surface area contributed by atoms with Crippen LogP contribution in [0.1, 0.15) is 38.6 Å². The SMILES string of the molecule is CCCN(c1nc(C)nc(NC)c1C)C(C)C. The molecule has 17 heavy (non-hydrogen) atoms. The van der Waals surface area contributed by atoms with Crippen LogP contribution >= 0.6 is 0 Å². The van der Waals surface area contributed by atoms with Crippen LogP contribution in [0, 0.1) is 13.8 Å². The molecule has 0 aromatic carbocycles. The van der Waals surface area contributed by atoms with Crippen molar-refractivity contribution in [2.24, 2.45) is 0 Å². The monoisotopic (exact) mass is 236 g/mol. The van der Waals surface area contributed by atoms with Crippen LogP contribution < -0.4 is 10.2 Å². The van der Waals surface area contributed by atoms with E-state index in [1.165, 1.54) is 0 Å². The molecule has 1 N–H and O–H groups in total. The summed E-state index contributed by atoms with van der Waals surface area (Å²) in [5.74, 6) is 2.80. The summed E-state index contributed by atoms with van der Waals surface area (Å²) in [4.78, 5) is 11.3. The summed E-state index contributed by atoms with van der Waals surface area (Å²) in [5, 5.41) is 3.13. The van der Waals surface area contributed by atoms with E-state index in [4.69, 9.17) is 0 Å². The predicted octanol–water partition coefficient (Wildman–Crippen LogP) is 2.76. The number of rotatable bonds is 5. The minimum atomic E-state index is 0.452. The second-order valence-electron chi connectivity index (χ2n) is 4.61. The van der Waals surface area contributed by atoms with E-state index in [1.54, 1.807) is 0 Å². The molecule has 0 aliphatic carbocycles. The summed E-state index contributed by atoms with van der Waals surface area (Å²) in [7, 11) is 1.90. The number of nitrogens with zero attached hydrogens (tertiary/aromatic N) is 3. The third-order valence-corrected chi connectivity index (χ3v) is 2.83. The number of aromatic nitrogens is 2. The second-order valence-corrected chi connectivity index (χ2v) is 4.61. The Labute approximate surface area is 104 Å².